The monoisotopic (exact) mass is 356 g/mol. The molecule has 1 spiro atoms. The Morgan fingerprint density at radius 1 is 1.44 bits per heavy atom. The van der Waals surface area contributed by atoms with E-state index in [1.54, 1.807) is 17.2 Å². The number of benzene rings is 1. The Morgan fingerprint density at radius 3 is 2.88 bits per heavy atom. The van der Waals surface area contributed by atoms with Crippen LogP contribution in [0.5, 0.6) is 0 Å². The van der Waals surface area contributed by atoms with Crippen LogP contribution < -0.4 is 5.73 Å². The Kier molecular flexibility index (Phi) is 3.74. The highest BCUT2D eigenvalue weighted by Gasteiger charge is 2.59. The molecule has 2 N–H and O–H groups in total. The Labute approximate surface area is 150 Å². The molecule has 128 valence electrons. The maximum atomic E-state index is 12.2. The summed E-state index contributed by atoms with van der Waals surface area (Å²) in [4.78, 5) is 22.2. The minimum atomic E-state index is -0.0877. The number of aromatic nitrogens is 2. The Bertz CT molecular complexity index is 866. The Hall–Kier alpha value is -2.44. The largest absolute Gasteiger partial charge is 0.380 e. The third-order valence-corrected chi connectivity index (χ3v) is 5.04. The molecule has 1 aromatic carbocycles. The second-order valence-electron chi connectivity index (χ2n) is 6.50. The van der Waals surface area contributed by atoms with E-state index in [-0.39, 0.29) is 23.3 Å². The fourth-order valence-electron chi connectivity index (χ4n) is 3.66. The molecule has 0 aliphatic carbocycles. The molecule has 1 aromatic heterocycles. The Morgan fingerprint density at radius 2 is 2.24 bits per heavy atom. The second-order valence-corrected chi connectivity index (χ2v) is 6.94. The van der Waals surface area contributed by atoms with E-state index in [0.29, 0.717) is 30.5 Å². The highest BCUT2D eigenvalue weighted by atomic mass is 35.5. The van der Waals surface area contributed by atoms with Crippen molar-refractivity contribution < 1.29 is 9.53 Å². The number of nitrogens with two attached hydrogens (primary N) is 1. The van der Waals surface area contributed by atoms with Crippen molar-refractivity contribution in [3.8, 4) is 11.3 Å². The molecule has 0 radical (unpaired) electrons. The molecule has 2 saturated heterocycles. The van der Waals surface area contributed by atoms with Crippen molar-refractivity contribution in [1.29, 1.82) is 0 Å². The van der Waals surface area contributed by atoms with Gasteiger partial charge in [-0.1, -0.05) is 18.2 Å². The fourth-order valence-corrected chi connectivity index (χ4v) is 3.90. The molecule has 2 aliphatic heterocycles. The normalized spacial score (nSPS) is 20.7. The van der Waals surface area contributed by atoms with Crippen LogP contribution in [0, 0.1) is 5.41 Å². The summed E-state index contributed by atoms with van der Waals surface area (Å²) >= 11 is 6.35. The number of amides is 1. The van der Waals surface area contributed by atoms with Gasteiger partial charge in [0.05, 0.1) is 30.4 Å². The predicted molar refractivity (Wildman–Crippen MR) is 94.8 cm³/mol. The molecule has 0 bridgehead atoms. The summed E-state index contributed by atoms with van der Waals surface area (Å²) in [7, 11) is 0. The average Bonchev–Trinajstić information content (AvgIpc) is 2.52. The minimum absolute atomic E-state index is 0.0364. The molecular weight excluding hydrogens is 340 g/mol. The average molecular weight is 357 g/mol. The molecular formula is C18H17ClN4O2. The zero-order valence-electron chi connectivity index (χ0n) is 13.5. The summed E-state index contributed by atoms with van der Waals surface area (Å²) in [6.07, 6.45) is 2.95. The maximum Gasteiger partial charge on any atom is 0.246 e. The first-order valence-electron chi connectivity index (χ1n) is 7.93. The molecule has 2 aliphatic rings. The lowest BCUT2D eigenvalue weighted by atomic mass is 9.67. The van der Waals surface area contributed by atoms with Gasteiger partial charge in [0.15, 0.2) is 0 Å². The van der Waals surface area contributed by atoms with E-state index < -0.39 is 0 Å². The van der Waals surface area contributed by atoms with E-state index in [1.165, 1.54) is 6.08 Å². The van der Waals surface area contributed by atoms with E-state index in [0.717, 1.165) is 11.1 Å². The highest BCUT2D eigenvalue weighted by Crippen LogP contribution is 2.54. The zero-order valence-corrected chi connectivity index (χ0v) is 14.2. The number of ether oxygens (including phenoxy) is 1. The second kappa shape index (κ2) is 5.82. The summed E-state index contributed by atoms with van der Waals surface area (Å²) in [6.45, 7) is 5.55. The van der Waals surface area contributed by atoms with Gasteiger partial charge in [-0.3, -0.25) is 4.79 Å². The van der Waals surface area contributed by atoms with Crippen molar-refractivity contribution >= 4 is 23.5 Å². The molecule has 7 heteroatoms. The SMILES string of the molecule is C=CC(=O)N1CC2(COC2)C1c1cc(Cl)cc(-c2ccnc(N)n2)c1. The van der Waals surface area contributed by atoms with Crippen LogP contribution in [0.1, 0.15) is 11.6 Å². The summed E-state index contributed by atoms with van der Waals surface area (Å²) in [5.41, 5.74) is 8.14. The van der Waals surface area contributed by atoms with Gasteiger partial charge in [-0.15, -0.1) is 0 Å². The first-order valence-corrected chi connectivity index (χ1v) is 8.30. The van der Waals surface area contributed by atoms with Gasteiger partial charge in [0.25, 0.3) is 0 Å². The minimum Gasteiger partial charge on any atom is -0.380 e. The van der Waals surface area contributed by atoms with Crippen molar-refractivity contribution in [2.24, 2.45) is 5.41 Å². The predicted octanol–water partition coefficient (Wildman–Crippen LogP) is 2.47. The summed E-state index contributed by atoms with van der Waals surface area (Å²) in [6, 6.07) is 7.42. The van der Waals surface area contributed by atoms with Crippen LogP contribution in [-0.2, 0) is 9.53 Å². The first-order chi connectivity index (χ1) is 12.0. The van der Waals surface area contributed by atoms with E-state index in [2.05, 4.69) is 16.5 Å². The number of anilines is 1. The summed E-state index contributed by atoms with van der Waals surface area (Å²) in [5, 5.41) is 0.581. The molecule has 1 atom stereocenters. The number of hydrogen-bond donors (Lipinski definition) is 1. The van der Waals surface area contributed by atoms with Crippen molar-refractivity contribution in [2.45, 2.75) is 6.04 Å². The molecule has 25 heavy (non-hydrogen) atoms. The van der Waals surface area contributed by atoms with Crippen molar-refractivity contribution in [3.05, 3.63) is 53.7 Å². The molecule has 2 fully saturated rings. The van der Waals surface area contributed by atoms with Gasteiger partial charge >= 0.3 is 0 Å². The lowest BCUT2D eigenvalue weighted by Gasteiger charge is -2.61. The molecule has 4 rings (SSSR count). The molecule has 3 heterocycles. The number of hydrogen-bond acceptors (Lipinski definition) is 5. The van der Waals surface area contributed by atoms with Crippen LogP contribution in [0.3, 0.4) is 0 Å². The van der Waals surface area contributed by atoms with Crippen LogP contribution in [0.4, 0.5) is 5.95 Å². The van der Waals surface area contributed by atoms with E-state index in [9.17, 15) is 4.79 Å². The van der Waals surface area contributed by atoms with Gasteiger partial charge in [0, 0.05) is 23.3 Å². The van der Waals surface area contributed by atoms with Gasteiger partial charge in [-0.2, -0.15) is 0 Å². The smallest absolute Gasteiger partial charge is 0.246 e. The standard InChI is InChI=1S/C18H17ClN4O2/c1-2-15(24)23-8-18(9-25-10-18)16(23)12-5-11(6-13(19)7-12)14-3-4-21-17(20)22-14/h2-7,16H,1,8-10H2,(H2,20,21,22). The van der Waals surface area contributed by atoms with Crippen molar-refractivity contribution in [2.75, 3.05) is 25.5 Å². The third kappa shape index (κ3) is 2.58. The number of rotatable bonds is 3. The van der Waals surface area contributed by atoms with Gasteiger partial charge < -0.3 is 15.4 Å². The van der Waals surface area contributed by atoms with Crippen LogP contribution in [0.25, 0.3) is 11.3 Å². The number of nitrogens with zero attached hydrogens (tertiary/aromatic N) is 3. The fraction of sp³-hybridized carbons (Fsp3) is 0.278. The molecule has 0 saturated carbocycles. The zero-order chi connectivity index (χ0) is 17.6. The molecule has 1 amide bonds. The number of carbonyl (C=O) groups is 1. The summed E-state index contributed by atoms with van der Waals surface area (Å²) in [5.74, 6) is 0.116. The van der Waals surface area contributed by atoms with Crippen LogP contribution in [-0.4, -0.2) is 40.5 Å². The maximum absolute atomic E-state index is 12.2. The number of carbonyl (C=O) groups excluding carboxylic acids is 1. The highest BCUT2D eigenvalue weighted by molar-refractivity contribution is 6.31. The topological polar surface area (TPSA) is 81.3 Å². The number of halogens is 1. The molecule has 1 unspecified atom stereocenters. The van der Waals surface area contributed by atoms with Gasteiger partial charge in [-0.25, -0.2) is 9.97 Å². The van der Waals surface area contributed by atoms with Crippen LogP contribution >= 0.6 is 11.6 Å². The van der Waals surface area contributed by atoms with Crippen LogP contribution in [0.2, 0.25) is 5.02 Å². The van der Waals surface area contributed by atoms with Crippen LogP contribution in [0.15, 0.2) is 43.1 Å². The lowest BCUT2D eigenvalue weighted by Crippen LogP contribution is -2.68. The first kappa shape index (κ1) is 16.1. The third-order valence-electron chi connectivity index (χ3n) is 4.82. The van der Waals surface area contributed by atoms with E-state index in [4.69, 9.17) is 22.1 Å². The van der Waals surface area contributed by atoms with Crippen molar-refractivity contribution in [3.63, 3.8) is 0 Å². The Balaban J connectivity index is 1.76. The van der Waals surface area contributed by atoms with E-state index >= 15 is 0 Å². The lowest BCUT2D eigenvalue weighted by molar-refractivity contribution is -0.226. The molecule has 6 nitrogen and oxygen atoms in total. The quantitative estimate of drug-likeness (QED) is 0.854. The van der Waals surface area contributed by atoms with Gasteiger partial charge in [0.2, 0.25) is 11.9 Å². The summed E-state index contributed by atoms with van der Waals surface area (Å²) < 4.78 is 5.42. The van der Waals surface area contributed by atoms with Gasteiger partial charge in [-0.05, 0) is 35.9 Å². The van der Waals surface area contributed by atoms with Crippen molar-refractivity contribution in [1.82, 2.24) is 14.9 Å². The van der Waals surface area contributed by atoms with E-state index in [1.807, 2.05) is 18.2 Å². The number of nitrogen functional groups attached to an aromatic ring is 1. The number of likely N-dealkylation sites (tertiary alicyclic amines) is 1. The molecule has 2 aromatic rings. The van der Waals surface area contributed by atoms with Gasteiger partial charge in [0.1, 0.15) is 0 Å².